The summed E-state index contributed by atoms with van der Waals surface area (Å²) in [4.78, 5) is 47.4. The van der Waals surface area contributed by atoms with E-state index < -0.39 is 24.5 Å². The molecule has 0 aliphatic rings. The Bertz CT molecular complexity index is 1070. The highest BCUT2D eigenvalue weighted by Gasteiger charge is 2.19. The van der Waals surface area contributed by atoms with E-state index >= 15 is 0 Å². The average molecular weight is 773 g/mol. The number of carboxylic acid groups (broad SMARTS) is 1. The summed E-state index contributed by atoms with van der Waals surface area (Å²) in [5, 5.41) is 22.5. The van der Waals surface area contributed by atoms with E-state index in [0.29, 0.717) is 12.8 Å². The van der Waals surface area contributed by atoms with Crippen molar-refractivity contribution in [1.29, 1.82) is 0 Å². The first-order chi connectivity index (χ1) is 26.8. The summed E-state index contributed by atoms with van der Waals surface area (Å²) in [6, 6.07) is -1.39. The molecule has 2 atom stereocenters. The van der Waals surface area contributed by atoms with Gasteiger partial charge in [-0.25, -0.2) is 4.79 Å². The maximum absolute atomic E-state index is 12.7. The molecule has 0 spiro atoms. The zero-order valence-corrected chi connectivity index (χ0v) is 34.9. The van der Waals surface area contributed by atoms with E-state index in [1.807, 2.05) is 0 Å². The number of unbranched alkanes of at least 4 members (excludes halogenated alkanes) is 17. The SMILES string of the molecule is CC/C=C\C/C=C\C/C=C\C/C=C\CCCCCCCCCCCCC(=O)OC(CCCCCCC)CCCCCCC(=O)NCC(=O)NC(CO)C(=O)O. The van der Waals surface area contributed by atoms with Crippen LogP contribution >= 0.6 is 0 Å². The van der Waals surface area contributed by atoms with Gasteiger partial charge in [0.1, 0.15) is 12.1 Å². The van der Waals surface area contributed by atoms with E-state index in [9.17, 15) is 19.2 Å². The molecule has 316 valence electrons. The van der Waals surface area contributed by atoms with Gasteiger partial charge in [0, 0.05) is 12.8 Å². The number of rotatable bonds is 39. The number of hydrogen-bond acceptors (Lipinski definition) is 6. The van der Waals surface area contributed by atoms with Crippen LogP contribution in [-0.2, 0) is 23.9 Å². The van der Waals surface area contributed by atoms with Crippen molar-refractivity contribution in [2.45, 2.75) is 206 Å². The summed E-state index contributed by atoms with van der Waals surface area (Å²) in [6.07, 6.45) is 47.4. The summed E-state index contributed by atoms with van der Waals surface area (Å²) in [7, 11) is 0. The Kier molecular flexibility index (Phi) is 38.1. The van der Waals surface area contributed by atoms with E-state index in [1.165, 1.54) is 77.0 Å². The fraction of sp³-hybridized carbons (Fsp3) is 0.739. The van der Waals surface area contributed by atoms with E-state index in [2.05, 4.69) is 73.1 Å². The smallest absolute Gasteiger partial charge is 0.328 e. The van der Waals surface area contributed by atoms with Crippen molar-refractivity contribution in [2.75, 3.05) is 13.2 Å². The molecule has 55 heavy (non-hydrogen) atoms. The Balaban J connectivity index is 3.98. The van der Waals surface area contributed by atoms with Gasteiger partial charge in [0.25, 0.3) is 0 Å². The number of aliphatic carboxylic acids is 1. The second-order valence-electron chi connectivity index (χ2n) is 14.8. The lowest BCUT2D eigenvalue weighted by Crippen LogP contribution is -2.47. The topological polar surface area (TPSA) is 142 Å². The molecule has 0 radical (unpaired) electrons. The van der Waals surface area contributed by atoms with Crippen molar-refractivity contribution in [3.8, 4) is 0 Å². The fourth-order valence-corrected chi connectivity index (χ4v) is 6.24. The molecule has 9 nitrogen and oxygen atoms in total. The largest absolute Gasteiger partial charge is 0.480 e. The first-order valence-corrected chi connectivity index (χ1v) is 22.0. The molecule has 0 aromatic rings. The average Bonchev–Trinajstić information content (AvgIpc) is 3.17. The van der Waals surface area contributed by atoms with Gasteiger partial charge in [-0.1, -0.05) is 152 Å². The lowest BCUT2D eigenvalue weighted by Gasteiger charge is -2.18. The van der Waals surface area contributed by atoms with Crippen LogP contribution in [0.5, 0.6) is 0 Å². The lowest BCUT2D eigenvalue weighted by atomic mass is 10.0. The highest BCUT2D eigenvalue weighted by atomic mass is 16.5. The maximum Gasteiger partial charge on any atom is 0.328 e. The molecule has 0 heterocycles. The van der Waals surface area contributed by atoms with Crippen molar-refractivity contribution in [3.05, 3.63) is 48.6 Å². The number of aliphatic hydroxyl groups is 1. The molecule has 4 N–H and O–H groups in total. The molecule has 0 bridgehead atoms. The number of hydrogen-bond donors (Lipinski definition) is 4. The van der Waals surface area contributed by atoms with Crippen LogP contribution in [-0.4, -0.2) is 59.3 Å². The third-order valence-electron chi connectivity index (χ3n) is 9.59. The summed E-state index contributed by atoms with van der Waals surface area (Å²) >= 11 is 0. The third-order valence-corrected chi connectivity index (χ3v) is 9.59. The first-order valence-electron chi connectivity index (χ1n) is 22.0. The van der Waals surface area contributed by atoms with Crippen LogP contribution in [0.1, 0.15) is 194 Å². The first kappa shape index (κ1) is 51.8. The van der Waals surface area contributed by atoms with Gasteiger partial charge in [0.05, 0.1) is 13.2 Å². The molecule has 2 unspecified atom stereocenters. The highest BCUT2D eigenvalue weighted by Crippen LogP contribution is 2.18. The second-order valence-corrected chi connectivity index (χ2v) is 14.8. The molecule has 0 aromatic carbocycles. The number of carbonyl (C=O) groups excluding carboxylic acids is 3. The van der Waals surface area contributed by atoms with Crippen LogP contribution in [0.4, 0.5) is 0 Å². The lowest BCUT2D eigenvalue weighted by molar-refractivity contribution is -0.150. The monoisotopic (exact) mass is 773 g/mol. The van der Waals surface area contributed by atoms with Crippen LogP contribution in [0.25, 0.3) is 0 Å². The Morgan fingerprint density at radius 1 is 0.564 bits per heavy atom. The number of esters is 1. The summed E-state index contributed by atoms with van der Waals surface area (Å²) in [5.74, 6) is -2.34. The van der Waals surface area contributed by atoms with Crippen molar-refractivity contribution >= 4 is 23.8 Å². The van der Waals surface area contributed by atoms with Gasteiger partial charge in [-0.2, -0.15) is 0 Å². The Labute approximate surface area is 335 Å². The van der Waals surface area contributed by atoms with Crippen LogP contribution in [0.15, 0.2) is 48.6 Å². The number of ether oxygens (including phenoxy) is 1. The molecule has 2 amide bonds. The van der Waals surface area contributed by atoms with Gasteiger partial charge in [0.2, 0.25) is 11.8 Å². The molecular weight excluding hydrogens is 693 g/mol. The number of carbonyl (C=O) groups is 4. The third kappa shape index (κ3) is 37.5. The van der Waals surface area contributed by atoms with Gasteiger partial charge >= 0.3 is 11.9 Å². The number of amides is 2. The van der Waals surface area contributed by atoms with E-state index in [1.54, 1.807) is 0 Å². The number of carboxylic acids is 1. The quantitative estimate of drug-likeness (QED) is 0.0277. The van der Waals surface area contributed by atoms with Crippen LogP contribution in [0, 0.1) is 0 Å². The second kappa shape index (κ2) is 40.5. The molecular formula is C46H80N2O7. The minimum Gasteiger partial charge on any atom is -0.480 e. The van der Waals surface area contributed by atoms with Gasteiger partial charge in [-0.05, 0) is 77.0 Å². The summed E-state index contributed by atoms with van der Waals surface area (Å²) < 4.78 is 5.95. The molecule has 0 saturated carbocycles. The van der Waals surface area contributed by atoms with Crippen molar-refractivity contribution in [1.82, 2.24) is 10.6 Å². The zero-order valence-electron chi connectivity index (χ0n) is 34.9. The molecule has 0 aliphatic heterocycles. The van der Waals surface area contributed by atoms with Gasteiger partial charge < -0.3 is 25.6 Å². The van der Waals surface area contributed by atoms with Gasteiger partial charge in [-0.15, -0.1) is 0 Å². The molecule has 0 aromatic heterocycles. The van der Waals surface area contributed by atoms with Crippen LogP contribution in [0.2, 0.25) is 0 Å². The molecule has 9 heteroatoms. The Hall–Kier alpha value is -3.20. The fourth-order valence-electron chi connectivity index (χ4n) is 6.24. The molecule has 0 rings (SSSR count). The molecule has 0 aliphatic carbocycles. The van der Waals surface area contributed by atoms with Crippen molar-refractivity contribution in [3.63, 3.8) is 0 Å². The Morgan fingerprint density at radius 2 is 1.04 bits per heavy atom. The van der Waals surface area contributed by atoms with Crippen LogP contribution in [0.3, 0.4) is 0 Å². The number of nitrogens with one attached hydrogen (secondary N) is 2. The number of aliphatic hydroxyl groups excluding tert-OH is 1. The van der Waals surface area contributed by atoms with Crippen molar-refractivity contribution < 1.29 is 34.1 Å². The highest BCUT2D eigenvalue weighted by molar-refractivity contribution is 5.87. The minimum absolute atomic E-state index is 0.0431. The summed E-state index contributed by atoms with van der Waals surface area (Å²) in [5.41, 5.74) is 0. The predicted molar refractivity (Wildman–Crippen MR) is 227 cm³/mol. The molecule has 0 saturated heterocycles. The normalized spacial score (nSPS) is 12.9. The standard InChI is InChI=1S/C46H80N2O7/c1-3-5-7-9-10-11-12-13-14-15-16-17-18-19-20-21-22-23-24-25-26-28-34-38-45(52)55-41(35-31-27-8-6-4-2)36-32-29-30-33-37-43(50)47-39-44(51)48-42(40-49)46(53)54/h5,7,10-11,13-14,16-17,41-42,49H,3-4,6,8-9,12,15,18-40H2,1-2H3,(H,47,50)(H,48,51)(H,53,54)/b7-5-,11-10-,14-13-,17-16-. The molecule has 0 fully saturated rings. The minimum atomic E-state index is -1.39. The zero-order chi connectivity index (χ0) is 40.5. The van der Waals surface area contributed by atoms with E-state index in [0.717, 1.165) is 83.5 Å². The Morgan fingerprint density at radius 3 is 1.56 bits per heavy atom. The number of allylic oxidation sites excluding steroid dienone is 8. The van der Waals surface area contributed by atoms with Crippen molar-refractivity contribution in [2.24, 2.45) is 0 Å². The summed E-state index contributed by atoms with van der Waals surface area (Å²) in [6.45, 7) is 3.32. The van der Waals surface area contributed by atoms with Crippen LogP contribution < -0.4 is 10.6 Å². The van der Waals surface area contributed by atoms with E-state index in [-0.39, 0.29) is 30.9 Å². The maximum atomic E-state index is 12.7. The van der Waals surface area contributed by atoms with E-state index in [4.69, 9.17) is 14.9 Å². The van der Waals surface area contributed by atoms with Gasteiger partial charge in [-0.3, -0.25) is 14.4 Å². The van der Waals surface area contributed by atoms with Gasteiger partial charge in [0.15, 0.2) is 0 Å². The predicted octanol–water partition coefficient (Wildman–Crippen LogP) is 10.8.